The van der Waals surface area contributed by atoms with Crippen LogP contribution < -0.4 is 5.32 Å². The molecule has 0 aromatic heterocycles. The SMILES string of the molecule is CC(C)CNC(=O)/C=C/C=C/CCCCC=O. The van der Waals surface area contributed by atoms with E-state index in [1.54, 1.807) is 6.08 Å². The number of hydrogen-bond acceptors (Lipinski definition) is 2. The zero-order chi connectivity index (χ0) is 12.9. The average Bonchev–Trinajstić information content (AvgIpc) is 2.30. The van der Waals surface area contributed by atoms with Crippen LogP contribution in [0.25, 0.3) is 0 Å². The van der Waals surface area contributed by atoms with E-state index in [4.69, 9.17) is 0 Å². The Morgan fingerprint density at radius 3 is 2.53 bits per heavy atom. The first-order chi connectivity index (χ1) is 8.16. The summed E-state index contributed by atoms with van der Waals surface area (Å²) in [7, 11) is 0. The highest BCUT2D eigenvalue weighted by atomic mass is 16.1. The summed E-state index contributed by atoms with van der Waals surface area (Å²) in [6.45, 7) is 4.82. The average molecular weight is 237 g/mol. The summed E-state index contributed by atoms with van der Waals surface area (Å²) in [6.07, 6.45) is 11.7. The summed E-state index contributed by atoms with van der Waals surface area (Å²) in [5, 5.41) is 2.80. The van der Waals surface area contributed by atoms with Crippen molar-refractivity contribution in [2.45, 2.75) is 39.5 Å². The molecule has 0 aromatic rings. The number of carbonyl (C=O) groups excluding carboxylic acids is 2. The molecule has 96 valence electrons. The second kappa shape index (κ2) is 11.1. The number of hydrogen-bond donors (Lipinski definition) is 1. The first-order valence-electron chi connectivity index (χ1n) is 6.21. The van der Waals surface area contributed by atoms with Crippen molar-refractivity contribution in [2.24, 2.45) is 5.92 Å². The van der Waals surface area contributed by atoms with Gasteiger partial charge in [0, 0.05) is 19.0 Å². The molecule has 0 radical (unpaired) electrons. The van der Waals surface area contributed by atoms with E-state index in [0.717, 1.165) is 25.5 Å². The monoisotopic (exact) mass is 237 g/mol. The van der Waals surface area contributed by atoms with Crippen molar-refractivity contribution in [2.75, 3.05) is 6.54 Å². The van der Waals surface area contributed by atoms with Gasteiger partial charge in [-0.2, -0.15) is 0 Å². The Kier molecular flexibility index (Phi) is 10.2. The quantitative estimate of drug-likeness (QED) is 0.290. The Hall–Kier alpha value is -1.38. The fraction of sp³-hybridized carbons (Fsp3) is 0.571. The topological polar surface area (TPSA) is 46.2 Å². The van der Waals surface area contributed by atoms with Crippen molar-refractivity contribution in [3.8, 4) is 0 Å². The Morgan fingerprint density at radius 1 is 1.18 bits per heavy atom. The summed E-state index contributed by atoms with van der Waals surface area (Å²) in [4.78, 5) is 21.3. The molecule has 0 bridgehead atoms. The molecule has 0 saturated carbocycles. The third-order valence-electron chi connectivity index (χ3n) is 2.12. The lowest BCUT2D eigenvalue weighted by atomic mass is 10.2. The van der Waals surface area contributed by atoms with E-state index >= 15 is 0 Å². The molecule has 0 atom stereocenters. The second-order valence-electron chi connectivity index (χ2n) is 4.38. The van der Waals surface area contributed by atoms with Crippen LogP contribution in [0.1, 0.15) is 39.5 Å². The van der Waals surface area contributed by atoms with Crippen molar-refractivity contribution >= 4 is 12.2 Å². The first kappa shape index (κ1) is 15.6. The van der Waals surface area contributed by atoms with Crippen molar-refractivity contribution in [3.05, 3.63) is 24.3 Å². The molecule has 0 aliphatic rings. The van der Waals surface area contributed by atoms with Gasteiger partial charge in [-0.1, -0.05) is 32.1 Å². The number of amides is 1. The zero-order valence-electron chi connectivity index (χ0n) is 10.8. The van der Waals surface area contributed by atoms with Gasteiger partial charge in [-0.3, -0.25) is 4.79 Å². The van der Waals surface area contributed by atoms with Gasteiger partial charge >= 0.3 is 0 Å². The molecule has 17 heavy (non-hydrogen) atoms. The Labute approximate surface area is 104 Å². The first-order valence-corrected chi connectivity index (χ1v) is 6.21. The normalized spacial score (nSPS) is 11.5. The smallest absolute Gasteiger partial charge is 0.243 e. The molecular formula is C14H23NO2. The van der Waals surface area contributed by atoms with Crippen molar-refractivity contribution in [3.63, 3.8) is 0 Å². The van der Waals surface area contributed by atoms with Crippen LogP contribution >= 0.6 is 0 Å². The molecule has 0 aromatic carbocycles. The number of aldehydes is 1. The summed E-state index contributed by atoms with van der Waals surface area (Å²) >= 11 is 0. The molecule has 0 spiro atoms. The maximum Gasteiger partial charge on any atom is 0.243 e. The van der Waals surface area contributed by atoms with Gasteiger partial charge in [0.05, 0.1) is 0 Å². The van der Waals surface area contributed by atoms with Crippen LogP contribution in [-0.4, -0.2) is 18.7 Å². The molecular weight excluding hydrogens is 214 g/mol. The number of nitrogens with one attached hydrogen (secondary N) is 1. The standard InChI is InChI=1S/C14H23NO2/c1-13(2)12-15-14(17)10-8-6-4-3-5-7-9-11-16/h4,6,8,10-11,13H,3,5,7,9,12H2,1-2H3,(H,15,17)/b6-4+,10-8+. The lowest BCUT2D eigenvalue weighted by Gasteiger charge is -2.03. The van der Waals surface area contributed by atoms with Gasteiger partial charge in [-0.25, -0.2) is 0 Å². The molecule has 0 fully saturated rings. The van der Waals surface area contributed by atoms with E-state index in [9.17, 15) is 9.59 Å². The van der Waals surface area contributed by atoms with Gasteiger partial charge in [0.2, 0.25) is 5.91 Å². The van der Waals surface area contributed by atoms with Crippen LogP contribution in [-0.2, 0) is 9.59 Å². The van der Waals surface area contributed by atoms with Gasteiger partial charge in [0.25, 0.3) is 0 Å². The fourth-order valence-electron chi connectivity index (χ4n) is 1.17. The van der Waals surface area contributed by atoms with Crippen LogP contribution in [0.3, 0.4) is 0 Å². The van der Waals surface area contributed by atoms with Gasteiger partial charge in [-0.05, 0) is 25.2 Å². The largest absolute Gasteiger partial charge is 0.352 e. The second-order valence-corrected chi connectivity index (χ2v) is 4.38. The van der Waals surface area contributed by atoms with Crippen LogP contribution in [0.5, 0.6) is 0 Å². The van der Waals surface area contributed by atoms with Gasteiger partial charge in [0.15, 0.2) is 0 Å². The van der Waals surface area contributed by atoms with Crippen molar-refractivity contribution < 1.29 is 9.59 Å². The number of allylic oxidation sites excluding steroid dienone is 3. The van der Waals surface area contributed by atoms with E-state index in [0.29, 0.717) is 18.9 Å². The van der Waals surface area contributed by atoms with Gasteiger partial charge < -0.3 is 10.1 Å². The lowest BCUT2D eigenvalue weighted by molar-refractivity contribution is -0.116. The van der Waals surface area contributed by atoms with Crippen LogP contribution in [0.15, 0.2) is 24.3 Å². The summed E-state index contributed by atoms with van der Waals surface area (Å²) in [5.74, 6) is 0.421. The minimum atomic E-state index is -0.0516. The number of rotatable bonds is 9. The molecule has 3 heteroatoms. The Balaban J connectivity index is 3.53. The van der Waals surface area contributed by atoms with Crippen LogP contribution in [0, 0.1) is 5.92 Å². The predicted molar refractivity (Wildman–Crippen MR) is 70.7 cm³/mol. The van der Waals surface area contributed by atoms with E-state index in [1.807, 2.05) is 12.2 Å². The molecule has 0 aliphatic heterocycles. The van der Waals surface area contributed by atoms with E-state index in [1.165, 1.54) is 6.08 Å². The third-order valence-corrected chi connectivity index (χ3v) is 2.12. The molecule has 3 nitrogen and oxygen atoms in total. The number of carbonyl (C=O) groups is 2. The van der Waals surface area contributed by atoms with Gasteiger partial charge in [0.1, 0.15) is 6.29 Å². The lowest BCUT2D eigenvalue weighted by Crippen LogP contribution is -2.25. The highest BCUT2D eigenvalue weighted by Gasteiger charge is 1.95. The molecule has 1 amide bonds. The molecule has 0 aliphatic carbocycles. The summed E-state index contributed by atoms with van der Waals surface area (Å²) in [6, 6.07) is 0. The maximum absolute atomic E-state index is 11.3. The fourth-order valence-corrected chi connectivity index (χ4v) is 1.17. The maximum atomic E-state index is 11.3. The molecule has 0 unspecified atom stereocenters. The minimum absolute atomic E-state index is 0.0516. The van der Waals surface area contributed by atoms with Crippen LogP contribution in [0.2, 0.25) is 0 Å². The van der Waals surface area contributed by atoms with E-state index in [2.05, 4.69) is 19.2 Å². The zero-order valence-corrected chi connectivity index (χ0v) is 10.8. The van der Waals surface area contributed by atoms with Gasteiger partial charge in [-0.15, -0.1) is 0 Å². The minimum Gasteiger partial charge on any atom is -0.352 e. The number of unbranched alkanes of at least 4 members (excludes halogenated alkanes) is 3. The summed E-state index contributed by atoms with van der Waals surface area (Å²) < 4.78 is 0. The predicted octanol–water partition coefficient (Wildman–Crippen LogP) is 2.63. The van der Waals surface area contributed by atoms with E-state index in [-0.39, 0.29) is 5.91 Å². The molecule has 0 rings (SSSR count). The van der Waals surface area contributed by atoms with Crippen molar-refractivity contribution in [1.29, 1.82) is 0 Å². The summed E-state index contributed by atoms with van der Waals surface area (Å²) in [5.41, 5.74) is 0. The van der Waals surface area contributed by atoms with Crippen LogP contribution in [0.4, 0.5) is 0 Å². The van der Waals surface area contributed by atoms with Crippen molar-refractivity contribution in [1.82, 2.24) is 5.32 Å². The molecule has 0 saturated heterocycles. The third kappa shape index (κ3) is 12.6. The highest BCUT2D eigenvalue weighted by molar-refractivity contribution is 5.87. The highest BCUT2D eigenvalue weighted by Crippen LogP contribution is 1.98. The Morgan fingerprint density at radius 2 is 1.88 bits per heavy atom. The molecule has 0 heterocycles. The van der Waals surface area contributed by atoms with E-state index < -0.39 is 0 Å². The molecule has 1 N–H and O–H groups in total. The Bertz CT molecular complexity index is 267.